The largest absolute Gasteiger partial charge is 0.396 e. The molecule has 1 aliphatic heterocycles. The molecule has 7 heteroatoms. The zero-order chi connectivity index (χ0) is 21.5. The summed E-state index contributed by atoms with van der Waals surface area (Å²) in [5.41, 5.74) is 2.27. The van der Waals surface area contributed by atoms with E-state index in [-0.39, 0.29) is 36.9 Å². The molecule has 6 nitrogen and oxygen atoms in total. The second-order valence-electron chi connectivity index (χ2n) is 7.72. The second-order valence-corrected chi connectivity index (χ2v) is 8.15. The molecule has 0 spiro atoms. The van der Waals surface area contributed by atoms with E-state index in [0.29, 0.717) is 29.4 Å². The quantitative estimate of drug-likeness (QED) is 0.629. The van der Waals surface area contributed by atoms with E-state index < -0.39 is 0 Å². The normalized spacial score (nSPS) is 17.3. The van der Waals surface area contributed by atoms with E-state index in [1.165, 1.54) is 0 Å². The van der Waals surface area contributed by atoms with Gasteiger partial charge in [-0.25, -0.2) is 0 Å². The fourth-order valence-electron chi connectivity index (χ4n) is 3.65. The molecule has 0 radical (unpaired) electrons. The molecule has 0 saturated carbocycles. The predicted molar refractivity (Wildman–Crippen MR) is 119 cm³/mol. The van der Waals surface area contributed by atoms with E-state index in [1.54, 1.807) is 35.2 Å². The Labute approximate surface area is 182 Å². The van der Waals surface area contributed by atoms with Gasteiger partial charge < -0.3 is 20.6 Å². The van der Waals surface area contributed by atoms with Gasteiger partial charge in [-0.1, -0.05) is 29.8 Å². The Morgan fingerprint density at radius 2 is 2.00 bits per heavy atom. The number of hydrogen-bond donors (Lipinski definition) is 3. The summed E-state index contributed by atoms with van der Waals surface area (Å²) in [7, 11) is 0. The van der Waals surface area contributed by atoms with Gasteiger partial charge in [-0.2, -0.15) is 0 Å². The number of anilines is 1. The maximum absolute atomic E-state index is 12.8. The number of piperidine rings is 1. The molecule has 2 amide bonds. The van der Waals surface area contributed by atoms with E-state index in [1.807, 2.05) is 25.1 Å². The molecule has 2 unspecified atom stereocenters. The van der Waals surface area contributed by atoms with Gasteiger partial charge in [0, 0.05) is 36.0 Å². The lowest BCUT2D eigenvalue weighted by atomic mass is 9.98. The zero-order valence-corrected chi connectivity index (χ0v) is 17.9. The van der Waals surface area contributed by atoms with Crippen molar-refractivity contribution < 1.29 is 14.7 Å². The zero-order valence-electron chi connectivity index (χ0n) is 17.1. The van der Waals surface area contributed by atoms with Crippen LogP contribution in [0.15, 0.2) is 48.5 Å². The van der Waals surface area contributed by atoms with Gasteiger partial charge in [-0.05, 0) is 61.6 Å². The standard InChI is InChI=1S/C23H28ClN3O3/c1-16(18-7-9-20(24)10-8-18)26-22(29)13-25-21-6-2-5-19(12-21)23(30)27-11-3-4-17(14-27)15-28/h2,5-10,12,16-17,25,28H,3-4,11,13-15H2,1H3,(H,26,29). The first-order chi connectivity index (χ1) is 14.5. The SMILES string of the molecule is CC(NC(=O)CNc1cccc(C(=O)N2CCCC(CO)C2)c1)c1ccc(Cl)cc1. The Morgan fingerprint density at radius 3 is 2.73 bits per heavy atom. The molecule has 1 heterocycles. The number of nitrogens with zero attached hydrogens (tertiary/aromatic N) is 1. The number of hydrogen-bond acceptors (Lipinski definition) is 4. The number of halogens is 1. The Morgan fingerprint density at radius 1 is 1.23 bits per heavy atom. The monoisotopic (exact) mass is 429 g/mol. The minimum absolute atomic E-state index is 0.0439. The lowest BCUT2D eigenvalue weighted by molar-refractivity contribution is -0.120. The minimum Gasteiger partial charge on any atom is -0.396 e. The van der Waals surface area contributed by atoms with Crippen LogP contribution in [0.1, 0.15) is 41.7 Å². The smallest absolute Gasteiger partial charge is 0.253 e. The van der Waals surface area contributed by atoms with Crippen molar-refractivity contribution in [3.05, 3.63) is 64.7 Å². The highest BCUT2D eigenvalue weighted by atomic mass is 35.5. The van der Waals surface area contributed by atoms with Crippen LogP contribution in [0.25, 0.3) is 0 Å². The maximum Gasteiger partial charge on any atom is 0.253 e. The predicted octanol–water partition coefficient (Wildman–Crippen LogP) is 3.47. The summed E-state index contributed by atoms with van der Waals surface area (Å²) < 4.78 is 0. The Kier molecular flexibility index (Phi) is 7.71. The number of amides is 2. The van der Waals surface area contributed by atoms with E-state index >= 15 is 0 Å². The molecule has 3 N–H and O–H groups in total. The van der Waals surface area contributed by atoms with Crippen LogP contribution in [0, 0.1) is 5.92 Å². The van der Waals surface area contributed by atoms with Crippen molar-refractivity contribution in [2.75, 3.05) is 31.6 Å². The third-order valence-corrected chi connectivity index (χ3v) is 5.63. The van der Waals surface area contributed by atoms with Crippen molar-refractivity contribution in [1.82, 2.24) is 10.2 Å². The maximum atomic E-state index is 12.8. The highest BCUT2D eigenvalue weighted by molar-refractivity contribution is 6.30. The molecule has 0 bridgehead atoms. The van der Waals surface area contributed by atoms with Gasteiger partial charge in [0.15, 0.2) is 0 Å². The number of aliphatic hydroxyl groups is 1. The molecule has 0 aliphatic carbocycles. The van der Waals surface area contributed by atoms with Gasteiger partial charge in [0.05, 0.1) is 12.6 Å². The van der Waals surface area contributed by atoms with Crippen molar-refractivity contribution in [1.29, 1.82) is 0 Å². The van der Waals surface area contributed by atoms with Crippen LogP contribution in [0.5, 0.6) is 0 Å². The summed E-state index contributed by atoms with van der Waals surface area (Å²) in [6.07, 6.45) is 1.85. The molecule has 0 aromatic heterocycles. The summed E-state index contributed by atoms with van der Waals surface area (Å²) in [5.74, 6) is -0.0380. The van der Waals surface area contributed by atoms with Crippen molar-refractivity contribution in [2.45, 2.75) is 25.8 Å². The summed E-state index contributed by atoms with van der Waals surface area (Å²) in [4.78, 5) is 26.9. The number of aliphatic hydroxyl groups excluding tert-OH is 1. The Bertz CT molecular complexity index is 872. The molecule has 1 aliphatic rings. The molecule has 2 aromatic rings. The Balaban J connectivity index is 1.54. The summed E-state index contributed by atoms with van der Waals surface area (Å²) >= 11 is 5.90. The van der Waals surface area contributed by atoms with Gasteiger partial charge in [-0.15, -0.1) is 0 Å². The fourth-order valence-corrected chi connectivity index (χ4v) is 3.78. The number of carbonyl (C=O) groups excluding carboxylic acids is 2. The van der Waals surface area contributed by atoms with Crippen LogP contribution in [0.2, 0.25) is 5.02 Å². The number of carbonyl (C=O) groups is 2. The highest BCUT2D eigenvalue weighted by Gasteiger charge is 2.24. The molecule has 2 atom stereocenters. The van der Waals surface area contributed by atoms with Crippen LogP contribution in [0.4, 0.5) is 5.69 Å². The first-order valence-corrected chi connectivity index (χ1v) is 10.6. The van der Waals surface area contributed by atoms with Crippen molar-refractivity contribution in [2.24, 2.45) is 5.92 Å². The average molecular weight is 430 g/mol. The summed E-state index contributed by atoms with van der Waals surface area (Å²) in [6.45, 7) is 3.41. The van der Waals surface area contributed by atoms with Crippen LogP contribution in [0.3, 0.4) is 0 Å². The molecule has 160 valence electrons. The first kappa shape index (κ1) is 22.1. The van der Waals surface area contributed by atoms with Crippen molar-refractivity contribution >= 4 is 29.1 Å². The number of likely N-dealkylation sites (tertiary alicyclic amines) is 1. The van der Waals surface area contributed by atoms with E-state index in [0.717, 1.165) is 18.4 Å². The van der Waals surface area contributed by atoms with E-state index in [2.05, 4.69) is 10.6 Å². The molecule has 1 saturated heterocycles. The van der Waals surface area contributed by atoms with E-state index in [4.69, 9.17) is 11.6 Å². The average Bonchev–Trinajstić information content (AvgIpc) is 2.77. The van der Waals surface area contributed by atoms with Crippen LogP contribution >= 0.6 is 11.6 Å². The van der Waals surface area contributed by atoms with Gasteiger partial charge in [-0.3, -0.25) is 9.59 Å². The lowest BCUT2D eigenvalue weighted by Gasteiger charge is -2.32. The topological polar surface area (TPSA) is 81.7 Å². The van der Waals surface area contributed by atoms with Gasteiger partial charge in [0.1, 0.15) is 0 Å². The molecular weight excluding hydrogens is 402 g/mol. The van der Waals surface area contributed by atoms with E-state index in [9.17, 15) is 14.7 Å². The minimum atomic E-state index is -0.143. The number of benzene rings is 2. The highest BCUT2D eigenvalue weighted by Crippen LogP contribution is 2.20. The van der Waals surface area contributed by atoms with Crippen LogP contribution in [-0.4, -0.2) is 48.1 Å². The van der Waals surface area contributed by atoms with Gasteiger partial charge in [0.2, 0.25) is 5.91 Å². The molecular formula is C23H28ClN3O3. The fraction of sp³-hybridized carbons (Fsp3) is 0.391. The second kappa shape index (κ2) is 10.5. The third-order valence-electron chi connectivity index (χ3n) is 5.37. The Hall–Kier alpha value is -2.57. The van der Waals surface area contributed by atoms with Gasteiger partial charge >= 0.3 is 0 Å². The van der Waals surface area contributed by atoms with Crippen LogP contribution < -0.4 is 10.6 Å². The number of nitrogens with one attached hydrogen (secondary N) is 2. The molecule has 2 aromatic carbocycles. The van der Waals surface area contributed by atoms with Gasteiger partial charge in [0.25, 0.3) is 5.91 Å². The van der Waals surface area contributed by atoms with Crippen molar-refractivity contribution in [3.63, 3.8) is 0 Å². The molecule has 30 heavy (non-hydrogen) atoms. The summed E-state index contributed by atoms with van der Waals surface area (Å²) in [6, 6.07) is 14.4. The third kappa shape index (κ3) is 5.97. The van der Waals surface area contributed by atoms with Crippen molar-refractivity contribution in [3.8, 4) is 0 Å². The summed E-state index contributed by atoms with van der Waals surface area (Å²) in [5, 5.41) is 16.1. The van der Waals surface area contributed by atoms with Crippen LogP contribution in [-0.2, 0) is 4.79 Å². The number of rotatable bonds is 7. The first-order valence-electron chi connectivity index (χ1n) is 10.2. The lowest BCUT2D eigenvalue weighted by Crippen LogP contribution is -2.40. The molecule has 3 rings (SSSR count). The molecule has 1 fully saturated rings.